The van der Waals surface area contributed by atoms with E-state index < -0.39 is 5.92 Å². The minimum Gasteiger partial charge on any atom is -0.497 e. The van der Waals surface area contributed by atoms with Gasteiger partial charge in [-0.3, -0.25) is 14.4 Å². The van der Waals surface area contributed by atoms with Crippen LogP contribution in [0, 0.1) is 5.92 Å². The first-order valence-electron chi connectivity index (χ1n) is 11.7. The van der Waals surface area contributed by atoms with Crippen LogP contribution < -0.4 is 25.0 Å². The topological polar surface area (TPSA) is 97.0 Å². The van der Waals surface area contributed by atoms with E-state index >= 15 is 0 Å². The molecule has 2 N–H and O–H groups in total. The fourth-order valence-electron chi connectivity index (χ4n) is 4.25. The Hall–Kier alpha value is -4.33. The van der Waals surface area contributed by atoms with Crippen molar-refractivity contribution < 1.29 is 23.9 Å². The molecule has 1 saturated heterocycles. The summed E-state index contributed by atoms with van der Waals surface area (Å²) in [5.74, 6) is -0.315. The number of amides is 3. The Labute approximate surface area is 210 Å². The number of nitrogens with one attached hydrogen (secondary N) is 2. The molecular weight excluding hydrogens is 458 g/mol. The highest BCUT2D eigenvalue weighted by atomic mass is 16.5. The van der Waals surface area contributed by atoms with Crippen molar-refractivity contribution in [2.24, 2.45) is 5.92 Å². The maximum absolute atomic E-state index is 13.2. The van der Waals surface area contributed by atoms with Crippen molar-refractivity contribution in [3.63, 3.8) is 0 Å². The van der Waals surface area contributed by atoms with E-state index in [4.69, 9.17) is 9.47 Å². The van der Waals surface area contributed by atoms with E-state index in [0.29, 0.717) is 28.4 Å². The van der Waals surface area contributed by atoms with E-state index in [-0.39, 0.29) is 36.7 Å². The largest absolute Gasteiger partial charge is 0.497 e. The van der Waals surface area contributed by atoms with Crippen LogP contribution >= 0.6 is 0 Å². The highest BCUT2D eigenvalue weighted by Crippen LogP contribution is 2.36. The Morgan fingerprint density at radius 3 is 2.42 bits per heavy atom. The maximum atomic E-state index is 13.2. The van der Waals surface area contributed by atoms with Crippen LogP contribution in [-0.4, -0.2) is 38.5 Å². The summed E-state index contributed by atoms with van der Waals surface area (Å²) in [6.07, 6.45) is 0.0472. The lowest BCUT2D eigenvalue weighted by atomic mass is 10.1. The third kappa shape index (κ3) is 5.33. The van der Waals surface area contributed by atoms with Crippen LogP contribution in [0.5, 0.6) is 11.5 Å². The van der Waals surface area contributed by atoms with E-state index in [1.165, 1.54) is 12.0 Å². The smallest absolute Gasteiger partial charge is 0.253 e. The summed E-state index contributed by atoms with van der Waals surface area (Å²) in [7, 11) is 3.07. The zero-order chi connectivity index (χ0) is 25.7. The van der Waals surface area contributed by atoms with E-state index in [9.17, 15) is 14.4 Å². The molecule has 186 valence electrons. The molecule has 3 amide bonds. The van der Waals surface area contributed by atoms with Gasteiger partial charge in [0.1, 0.15) is 11.5 Å². The van der Waals surface area contributed by atoms with Crippen molar-refractivity contribution in [2.45, 2.75) is 19.4 Å². The number of benzene rings is 3. The highest BCUT2D eigenvalue weighted by molar-refractivity contribution is 6.07. The molecule has 4 rings (SSSR count). The highest BCUT2D eigenvalue weighted by Gasteiger charge is 2.37. The first kappa shape index (κ1) is 24.8. The van der Waals surface area contributed by atoms with Gasteiger partial charge in [-0.2, -0.15) is 0 Å². The maximum Gasteiger partial charge on any atom is 0.253 e. The van der Waals surface area contributed by atoms with Crippen molar-refractivity contribution >= 4 is 29.1 Å². The third-order valence-electron chi connectivity index (χ3n) is 6.25. The first-order valence-corrected chi connectivity index (χ1v) is 11.7. The van der Waals surface area contributed by atoms with Crippen LogP contribution in [0.4, 0.5) is 11.4 Å². The fraction of sp³-hybridized carbons (Fsp3) is 0.250. The van der Waals surface area contributed by atoms with E-state index in [0.717, 1.165) is 5.56 Å². The molecule has 36 heavy (non-hydrogen) atoms. The molecule has 0 aromatic heterocycles. The molecule has 3 aromatic rings. The molecule has 1 heterocycles. The number of ether oxygens (including phenoxy) is 2. The van der Waals surface area contributed by atoms with Crippen LogP contribution in [0.2, 0.25) is 0 Å². The van der Waals surface area contributed by atoms with Gasteiger partial charge in [0.05, 0.1) is 43.1 Å². The van der Waals surface area contributed by atoms with Gasteiger partial charge in [0.15, 0.2) is 0 Å². The SMILES string of the molecule is COc1ccc(OC)c(N2CC(C(=O)Nc3ccccc3C(=O)NC(C)c3ccccc3)CC2=O)c1. The zero-order valence-electron chi connectivity index (χ0n) is 20.5. The van der Waals surface area contributed by atoms with E-state index in [2.05, 4.69) is 10.6 Å². The number of hydrogen-bond donors (Lipinski definition) is 2. The Kier molecular flexibility index (Phi) is 7.53. The average molecular weight is 488 g/mol. The van der Waals surface area contributed by atoms with Crippen molar-refractivity contribution in [1.29, 1.82) is 0 Å². The lowest BCUT2D eigenvalue weighted by molar-refractivity contribution is -0.122. The molecule has 8 heteroatoms. The van der Waals surface area contributed by atoms with Crippen LogP contribution in [0.1, 0.15) is 35.3 Å². The van der Waals surface area contributed by atoms with Gasteiger partial charge in [-0.1, -0.05) is 42.5 Å². The van der Waals surface area contributed by atoms with Gasteiger partial charge in [0.2, 0.25) is 11.8 Å². The van der Waals surface area contributed by atoms with Crippen molar-refractivity contribution in [3.8, 4) is 11.5 Å². The van der Waals surface area contributed by atoms with E-state index in [1.807, 2.05) is 37.3 Å². The number of para-hydroxylation sites is 1. The summed E-state index contributed by atoms with van der Waals surface area (Å²) in [5, 5.41) is 5.83. The summed E-state index contributed by atoms with van der Waals surface area (Å²) in [6.45, 7) is 2.09. The third-order valence-corrected chi connectivity index (χ3v) is 6.25. The van der Waals surface area contributed by atoms with Gasteiger partial charge >= 0.3 is 0 Å². The van der Waals surface area contributed by atoms with Crippen molar-refractivity contribution in [1.82, 2.24) is 5.32 Å². The molecule has 0 spiro atoms. The normalized spacial score (nSPS) is 15.8. The molecule has 2 atom stereocenters. The van der Waals surface area contributed by atoms with Crippen LogP contribution in [0.3, 0.4) is 0 Å². The number of carbonyl (C=O) groups excluding carboxylic acids is 3. The molecule has 0 radical (unpaired) electrons. The predicted octanol–water partition coefficient (Wildman–Crippen LogP) is 4.19. The van der Waals surface area contributed by atoms with Gasteiger partial charge in [-0.15, -0.1) is 0 Å². The van der Waals surface area contributed by atoms with Gasteiger partial charge in [-0.25, -0.2) is 0 Å². The zero-order valence-corrected chi connectivity index (χ0v) is 20.5. The lowest BCUT2D eigenvalue weighted by Gasteiger charge is -2.20. The summed E-state index contributed by atoms with van der Waals surface area (Å²) in [6, 6.07) is 21.4. The van der Waals surface area contributed by atoms with Crippen molar-refractivity contribution in [3.05, 3.63) is 83.9 Å². The molecule has 8 nitrogen and oxygen atoms in total. The molecule has 0 saturated carbocycles. The Bertz CT molecular complexity index is 1260. The van der Waals surface area contributed by atoms with Gasteiger partial charge in [0.25, 0.3) is 5.91 Å². The van der Waals surface area contributed by atoms with Gasteiger partial charge in [0, 0.05) is 19.0 Å². The fourth-order valence-corrected chi connectivity index (χ4v) is 4.25. The summed E-state index contributed by atoms with van der Waals surface area (Å²) < 4.78 is 10.7. The Morgan fingerprint density at radius 2 is 1.69 bits per heavy atom. The first-order chi connectivity index (χ1) is 17.4. The minimum atomic E-state index is -0.590. The molecule has 3 aromatic carbocycles. The van der Waals surface area contributed by atoms with Crippen LogP contribution in [0.15, 0.2) is 72.8 Å². The molecule has 1 fully saturated rings. The van der Waals surface area contributed by atoms with Gasteiger partial charge < -0.3 is 25.0 Å². The summed E-state index contributed by atoms with van der Waals surface area (Å²) in [5.41, 5.74) is 2.27. The molecule has 0 aliphatic carbocycles. The number of carbonyl (C=O) groups is 3. The standard InChI is InChI=1S/C28H29N3O5/c1-18(19-9-5-4-6-10-19)29-28(34)22-11-7-8-12-23(22)30-27(33)20-15-26(32)31(17-20)24-16-21(35-2)13-14-25(24)36-3/h4-14,16,18,20H,15,17H2,1-3H3,(H,29,34)(H,30,33). The van der Waals surface area contributed by atoms with Crippen LogP contribution in [-0.2, 0) is 9.59 Å². The second-order valence-electron chi connectivity index (χ2n) is 8.58. The molecule has 0 bridgehead atoms. The monoisotopic (exact) mass is 487 g/mol. The second kappa shape index (κ2) is 10.9. The molecular formula is C28H29N3O5. The molecule has 1 aliphatic heterocycles. The molecule has 2 unspecified atom stereocenters. The number of methoxy groups -OCH3 is 2. The molecule has 1 aliphatic rings. The predicted molar refractivity (Wildman–Crippen MR) is 137 cm³/mol. The Morgan fingerprint density at radius 1 is 0.972 bits per heavy atom. The Balaban J connectivity index is 1.47. The second-order valence-corrected chi connectivity index (χ2v) is 8.58. The van der Waals surface area contributed by atoms with E-state index in [1.54, 1.807) is 49.6 Å². The minimum absolute atomic E-state index is 0.0472. The van der Waals surface area contributed by atoms with Crippen LogP contribution in [0.25, 0.3) is 0 Å². The summed E-state index contributed by atoms with van der Waals surface area (Å²) in [4.78, 5) is 40.5. The number of anilines is 2. The summed E-state index contributed by atoms with van der Waals surface area (Å²) >= 11 is 0. The quantitative estimate of drug-likeness (QED) is 0.497. The van der Waals surface area contributed by atoms with Crippen molar-refractivity contribution in [2.75, 3.05) is 31.0 Å². The number of rotatable bonds is 8. The average Bonchev–Trinajstić information content (AvgIpc) is 3.30. The lowest BCUT2D eigenvalue weighted by Crippen LogP contribution is -2.30. The van der Waals surface area contributed by atoms with Gasteiger partial charge in [-0.05, 0) is 36.8 Å². The number of nitrogens with zero attached hydrogens (tertiary/aromatic N) is 1. The number of hydrogen-bond acceptors (Lipinski definition) is 5.